The second-order valence-electron chi connectivity index (χ2n) is 7.08. The quantitative estimate of drug-likeness (QED) is 0.557. The fraction of sp³-hybridized carbons (Fsp3) is 0.150. The average molecular weight is 409 g/mol. The van der Waals surface area contributed by atoms with Gasteiger partial charge < -0.3 is 4.57 Å². The zero-order valence-corrected chi connectivity index (χ0v) is 16.0. The van der Waals surface area contributed by atoms with Crippen LogP contribution in [-0.4, -0.2) is 28.2 Å². The lowest BCUT2D eigenvalue weighted by Crippen LogP contribution is -2.11. The van der Waals surface area contributed by atoms with E-state index in [0.717, 1.165) is 24.0 Å². The number of hydrogen-bond donors (Lipinski definition) is 1. The van der Waals surface area contributed by atoms with Crippen molar-refractivity contribution in [1.82, 2.24) is 19.7 Å². The third kappa shape index (κ3) is 3.18. The Morgan fingerprint density at radius 1 is 1.03 bits per heavy atom. The first-order chi connectivity index (χ1) is 13.9. The van der Waals surface area contributed by atoms with Gasteiger partial charge in [-0.15, -0.1) is 5.10 Å². The molecule has 0 radical (unpaired) electrons. The molecule has 0 spiro atoms. The van der Waals surface area contributed by atoms with Crippen LogP contribution in [0.3, 0.4) is 0 Å². The van der Waals surface area contributed by atoms with E-state index in [-0.39, 0.29) is 4.90 Å². The summed E-state index contributed by atoms with van der Waals surface area (Å²) >= 11 is 0. The summed E-state index contributed by atoms with van der Waals surface area (Å²) in [6, 6.07) is 11.0. The highest BCUT2D eigenvalue weighted by Gasteiger charge is 2.26. The van der Waals surface area contributed by atoms with Crippen molar-refractivity contribution in [3.8, 4) is 22.3 Å². The van der Waals surface area contributed by atoms with Gasteiger partial charge in [-0.1, -0.05) is 18.2 Å². The Kier molecular flexibility index (Phi) is 3.97. The number of hydrogen-bond acceptors (Lipinski definition) is 5. The van der Waals surface area contributed by atoms with Gasteiger partial charge in [0.05, 0.1) is 17.4 Å². The number of nitrogens with zero attached hydrogens (tertiary/aromatic N) is 4. The molecule has 1 fully saturated rings. The van der Waals surface area contributed by atoms with Crippen molar-refractivity contribution in [3.05, 3.63) is 60.8 Å². The SMILES string of the molecule is NS(=O)(=O)c1ccc(-c2cc(-c3cnnc4c3ncn4C3CC3)ccc2F)cc1. The van der Waals surface area contributed by atoms with Gasteiger partial charge in [0, 0.05) is 17.2 Å². The van der Waals surface area contributed by atoms with E-state index in [4.69, 9.17) is 5.14 Å². The van der Waals surface area contributed by atoms with E-state index in [1.807, 2.05) is 4.57 Å². The fourth-order valence-corrected chi connectivity index (χ4v) is 3.93. The first-order valence-corrected chi connectivity index (χ1v) is 10.6. The smallest absolute Gasteiger partial charge is 0.238 e. The van der Waals surface area contributed by atoms with Gasteiger partial charge >= 0.3 is 0 Å². The maximum absolute atomic E-state index is 14.5. The molecule has 2 heterocycles. The summed E-state index contributed by atoms with van der Waals surface area (Å²) in [4.78, 5) is 4.48. The molecule has 2 N–H and O–H groups in total. The van der Waals surface area contributed by atoms with Crippen molar-refractivity contribution in [1.29, 1.82) is 0 Å². The molecular weight excluding hydrogens is 393 g/mol. The van der Waals surface area contributed by atoms with E-state index < -0.39 is 15.8 Å². The van der Waals surface area contributed by atoms with Crippen LogP contribution in [-0.2, 0) is 10.0 Å². The Morgan fingerprint density at radius 2 is 1.76 bits per heavy atom. The predicted octanol–water partition coefficient (Wildman–Crippen LogP) is 3.28. The lowest BCUT2D eigenvalue weighted by atomic mass is 9.99. The third-order valence-electron chi connectivity index (χ3n) is 5.07. The summed E-state index contributed by atoms with van der Waals surface area (Å²) in [5.74, 6) is -0.418. The average Bonchev–Trinajstić information content (AvgIpc) is 3.46. The molecule has 29 heavy (non-hydrogen) atoms. The van der Waals surface area contributed by atoms with E-state index in [0.29, 0.717) is 28.3 Å². The van der Waals surface area contributed by atoms with Gasteiger partial charge in [0.1, 0.15) is 11.3 Å². The van der Waals surface area contributed by atoms with Gasteiger partial charge in [-0.3, -0.25) is 0 Å². The summed E-state index contributed by atoms with van der Waals surface area (Å²) in [5, 5.41) is 13.5. The molecule has 2 aromatic carbocycles. The number of benzene rings is 2. The number of primary sulfonamides is 1. The minimum atomic E-state index is -3.81. The third-order valence-corrected chi connectivity index (χ3v) is 6.00. The zero-order chi connectivity index (χ0) is 20.2. The molecule has 9 heteroatoms. The Hall–Kier alpha value is -3.17. The molecule has 0 bridgehead atoms. The topological polar surface area (TPSA) is 104 Å². The maximum atomic E-state index is 14.5. The summed E-state index contributed by atoms with van der Waals surface area (Å²) in [6.07, 6.45) is 5.60. The number of rotatable bonds is 4. The largest absolute Gasteiger partial charge is 0.311 e. The van der Waals surface area contributed by atoms with Crippen molar-refractivity contribution in [2.75, 3.05) is 0 Å². The molecule has 1 aliphatic carbocycles. The molecule has 0 unspecified atom stereocenters. The van der Waals surface area contributed by atoms with E-state index in [2.05, 4.69) is 15.2 Å². The van der Waals surface area contributed by atoms with Gasteiger partial charge in [-0.25, -0.2) is 22.9 Å². The van der Waals surface area contributed by atoms with Gasteiger partial charge in [0.15, 0.2) is 5.65 Å². The Labute approximate surface area is 166 Å². The van der Waals surface area contributed by atoms with Crippen molar-refractivity contribution < 1.29 is 12.8 Å². The summed E-state index contributed by atoms with van der Waals surface area (Å²) in [7, 11) is -3.81. The predicted molar refractivity (Wildman–Crippen MR) is 106 cm³/mol. The molecule has 0 atom stereocenters. The number of aromatic nitrogens is 4. The van der Waals surface area contributed by atoms with Crippen molar-refractivity contribution >= 4 is 21.2 Å². The number of fused-ring (bicyclic) bond motifs is 1. The van der Waals surface area contributed by atoms with E-state index in [9.17, 15) is 12.8 Å². The first-order valence-electron chi connectivity index (χ1n) is 9.03. The Morgan fingerprint density at radius 3 is 2.45 bits per heavy atom. The molecule has 7 nitrogen and oxygen atoms in total. The van der Waals surface area contributed by atoms with Crippen LogP contribution in [0, 0.1) is 5.82 Å². The molecule has 5 rings (SSSR count). The highest BCUT2D eigenvalue weighted by atomic mass is 32.2. The zero-order valence-electron chi connectivity index (χ0n) is 15.2. The number of imidazole rings is 1. The summed E-state index contributed by atoms with van der Waals surface area (Å²) < 4.78 is 39.5. The Balaban J connectivity index is 1.61. The normalized spacial score (nSPS) is 14.4. The monoisotopic (exact) mass is 409 g/mol. The van der Waals surface area contributed by atoms with Crippen LogP contribution in [0.2, 0.25) is 0 Å². The van der Waals surface area contributed by atoms with Crippen LogP contribution in [0.4, 0.5) is 4.39 Å². The molecule has 146 valence electrons. The van der Waals surface area contributed by atoms with Gasteiger partial charge in [-0.05, 0) is 48.2 Å². The fourth-order valence-electron chi connectivity index (χ4n) is 3.42. The highest BCUT2D eigenvalue weighted by Crippen LogP contribution is 2.38. The van der Waals surface area contributed by atoms with Crippen LogP contribution in [0.15, 0.2) is 59.9 Å². The highest BCUT2D eigenvalue weighted by molar-refractivity contribution is 7.89. The standard InChI is InChI=1S/C20H16FN5O2S/c21-18-8-3-13(9-16(18)12-1-6-15(7-2-12)29(22,27)28)17-10-24-25-20-19(17)23-11-26(20)14-4-5-14/h1-3,6-11,14H,4-5H2,(H2,22,27,28). The van der Waals surface area contributed by atoms with E-state index in [1.54, 1.807) is 24.7 Å². The van der Waals surface area contributed by atoms with Crippen molar-refractivity contribution in [2.24, 2.45) is 5.14 Å². The van der Waals surface area contributed by atoms with Crippen LogP contribution in [0.25, 0.3) is 33.4 Å². The van der Waals surface area contributed by atoms with Crippen LogP contribution < -0.4 is 5.14 Å². The lowest BCUT2D eigenvalue weighted by Gasteiger charge is -2.09. The van der Waals surface area contributed by atoms with Crippen LogP contribution in [0.1, 0.15) is 18.9 Å². The van der Waals surface area contributed by atoms with Crippen LogP contribution >= 0.6 is 0 Å². The van der Waals surface area contributed by atoms with Gasteiger partial charge in [0.25, 0.3) is 0 Å². The van der Waals surface area contributed by atoms with Crippen molar-refractivity contribution in [3.63, 3.8) is 0 Å². The molecule has 4 aromatic rings. The minimum Gasteiger partial charge on any atom is -0.311 e. The number of sulfonamides is 1. The second-order valence-corrected chi connectivity index (χ2v) is 8.64. The lowest BCUT2D eigenvalue weighted by molar-refractivity contribution is 0.598. The first kappa shape index (κ1) is 17.9. The molecule has 1 aliphatic rings. The minimum absolute atomic E-state index is 0.0246. The molecular formula is C20H16FN5O2S. The van der Waals surface area contributed by atoms with Gasteiger partial charge in [0.2, 0.25) is 10.0 Å². The second kappa shape index (κ2) is 6.43. The van der Waals surface area contributed by atoms with Gasteiger partial charge in [-0.2, -0.15) is 5.10 Å². The molecule has 0 amide bonds. The molecule has 0 aliphatic heterocycles. The number of halogens is 1. The maximum Gasteiger partial charge on any atom is 0.238 e. The molecule has 1 saturated carbocycles. The molecule has 0 saturated heterocycles. The number of nitrogens with two attached hydrogens (primary N) is 1. The van der Waals surface area contributed by atoms with E-state index >= 15 is 0 Å². The van der Waals surface area contributed by atoms with Crippen LogP contribution in [0.5, 0.6) is 0 Å². The Bertz CT molecular complexity index is 1350. The summed E-state index contributed by atoms with van der Waals surface area (Å²) in [6.45, 7) is 0. The molecule has 2 aromatic heterocycles. The summed E-state index contributed by atoms with van der Waals surface area (Å²) in [5.41, 5.74) is 3.82. The van der Waals surface area contributed by atoms with E-state index in [1.165, 1.54) is 30.3 Å². The van der Waals surface area contributed by atoms with Crippen molar-refractivity contribution in [2.45, 2.75) is 23.8 Å².